The van der Waals surface area contributed by atoms with Gasteiger partial charge in [0.05, 0.1) is 11.7 Å². The SMILES string of the molecule is CC1CN(C(=O)OC(C)(C)C)CC2Cc3ccc(COC(=O)NC4CCCCC4)nc3N12. The number of rotatable bonds is 3. The Balaban J connectivity index is 1.36. The number of ether oxygens (including phenoxy) is 2. The summed E-state index contributed by atoms with van der Waals surface area (Å²) in [4.78, 5) is 33.7. The number of aromatic nitrogens is 1. The summed E-state index contributed by atoms with van der Waals surface area (Å²) < 4.78 is 11.0. The van der Waals surface area contributed by atoms with Gasteiger partial charge in [-0.3, -0.25) is 0 Å². The van der Waals surface area contributed by atoms with Crippen LogP contribution in [0.1, 0.15) is 71.1 Å². The van der Waals surface area contributed by atoms with E-state index in [1.807, 2.05) is 31.7 Å². The Morgan fingerprint density at radius 2 is 1.91 bits per heavy atom. The van der Waals surface area contributed by atoms with Crippen molar-refractivity contribution < 1.29 is 19.1 Å². The molecule has 2 aliphatic heterocycles. The van der Waals surface area contributed by atoms with Gasteiger partial charge in [-0.25, -0.2) is 14.6 Å². The normalized spacial score (nSPS) is 23.4. The quantitative estimate of drug-likeness (QED) is 0.758. The summed E-state index contributed by atoms with van der Waals surface area (Å²) in [5, 5.41) is 2.98. The number of fused-ring (bicyclic) bond motifs is 3. The molecule has 0 aromatic carbocycles. The van der Waals surface area contributed by atoms with E-state index in [4.69, 9.17) is 14.5 Å². The molecule has 3 heterocycles. The predicted octanol–water partition coefficient (Wildman–Crippen LogP) is 4.01. The van der Waals surface area contributed by atoms with Crippen LogP contribution in [0.4, 0.5) is 15.4 Å². The first kappa shape index (κ1) is 22.7. The highest BCUT2D eigenvalue weighted by Crippen LogP contribution is 2.35. The number of carbonyl (C=O) groups is 2. The molecule has 2 atom stereocenters. The molecule has 3 aliphatic rings. The predicted molar refractivity (Wildman–Crippen MR) is 122 cm³/mol. The molecule has 4 rings (SSSR count). The molecule has 32 heavy (non-hydrogen) atoms. The molecule has 1 N–H and O–H groups in total. The van der Waals surface area contributed by atoms with Crippen LogP contribution >= 0.6 is 0 Å². The van der Waals surface area contributed by atoms with E-state index in [2.05, 4.69) is 23.2 Å². The van der Waals surface area contributed by atoms with Gasteiger partial charge in [0.25, 0.3) is 0 Å². The summed E-state index contributed by atoms with van der Waals surface area (Å²) in [7, 11) is 0. The molecule has 1 aromatic heterocycles. The monoisotopic (exact) mass is 444 g/mol. The van der Waals surface area contributed by atoms with Crippen LogP contribution in [-0.2, 0) is 22.5 Å². The van der Waals surface area contributed by atoms with Gasteiger partial charge < -0.3 is 24.6 Å². The number of carbonyl (C=O) groups excluding carboxylic acids is 2. The van der Waals surface area contributed by atoms with E-state index in [0.717, 1.165) is 43.6 Å². The lowest BCUT2D eigenvalue weighted by molar-refractivity contribution is 0.0191. The first-order chi connectivity index (χ1) is 15.2. The summed E-state index contributed by atoms with van der Waals surface area (Å²) >= 11 is 0. The maximum Gasteiger partial charge on any atom is 0.410 e. The number of alkyl carbamates (subject to hydrolysis) is 1. The van der Waals surface area contributed by atoms with Crippen molar-refractivity contribution in [2.24, 2.45) is 0 Å². The van der Waals surface area contributed by atoms with Gasteiger partial charge in [0.15, 0.2) is 0 Å². The average Bonchev–Trinajstić information content (AvgIpc) is 3.10. The number of anilines is 1. The smallest absolute Gasteiger partial charge is 0.410 e. The third kappa shape index (κ3) is 5.27. The summed E-state index contributed by atoms with van der Waals surface area (Å²) in [6.45, 7) is 9.14. The van der Waals surface area contributed by atoms with E-state index >= 15 is 0 Å². The van der Waals surface area contributed by atoms with Crippen molar-refractivity contribution in [2.45, 2.75) is 96.6 Å². The first-order valence-electron chi connectivity index (χ1n) is 11.9. The summed E-state index contributed by atoms with van der Waals surface area (Å²) in [5.74, 6) is 0.945. The maximum atomic E-state index is 12.6. The highest BCUT2D eigenvalue weighted by molar-refractivity contribution is 5.70. The van der Waals surface area contributed by atoms with Crippen LogP contribution in [0, 0.1) is 0 Å². The van der Waals surface area contributed by atoms with Crippen molar-refractivity contribution in [1.82, 2.24) is 15.2 Å². The Labute approximate surface area is 190 Å². The highest BCUT2D eigenvalue weighted by Gasteiger charge is 2.41. The summed E-state index contributed by atoms with van der Waals surface area (Å²) in [6.07, 6.45) is 5.85. The fourth-order valence-corrected chi connectivity index (χ4v) is 5.03. The number of hydrogen-bond acceptors (Lipinski definition) is 6. The second-order valence-electron chi connectivity index (χ2n) is 10.3. The number of piperazine rings is 1. The Kier molecular flexibility index (Phi) is 6.49. The van der Waals surface area contributed by atoms with Gasteiger partial charge in [-0.1, -0.05) is 25.3 Å². The van der Waals surface area contributed by atoms with E-state index in [1.165, 1.54) is 12.0 Å². The van der Waals surface area contributed by atoms with Crippen LogP contribution in [0.25, 0.3) is 0 Å². The molecule has 2 amide bonds. The van der Waals surface area contributed by atoms with Crippen molar-refractivity contribution in [2.75, 3.05) is 18.0 Å². The van der Waals surface area contributed by atoms with Gasteiger partial charge in [0.1, 0.15) is 18.0 Å². The minimum Gasteiger partial charge on any atom is -0.444 e. The lowest BCUT2D eigenvalue weighted by atomic mass is 9.96. The zero-order valence-corrected chi connectivity index (χ0v) is 19.7. The van der Waals surface area contributed by atoms with Crippen LogP contribution in [0.2, 0.25) is 0 Å². The average molecular weight is 445 g/mol. The molecule has 176 valence electrons. The Hall–Kier alpha value is -2.51. The number of nitrogens with one attached hydrogen (secondary N) is 1. The maximum absolute atomic E-state index is 12.6. The minimum atomic E-state index is -0.504. The van der Waals surface area contributed by atoms with Crippen LogP contribution in [-0.4, -0.2) is 58.9 Å². The minimum absolute atomic E-state index is 0.126. The molecule has 1 saturated carbocycles. The fraction of sp³-hybridized carbons (Fsp3) is 0.708. The lowest BCUT2D eigenvalue weighted by Crippen LogP contribution is -2.58. The van der Waals surface area contributed by atoms with E-state index in [0.29, 0.717) is 13.1 Å². The zero-order chi connectivity index (χ0) is 22.9. The number of pyridine rings is 1. The van der Waals surface area contributed by atoms with E-state index in [1.54, 1.807) is 0 Å². The zero-order valence-electron chi connectivity index (χ0n) is 19.7. The molecular formula is C24H36N4O4. The molecule has 0 spiro atoms. The van der Waals surface area contributed by atoms with E-state index in [-0.39, 0.29) is 36.9 Å². The molecule has 8 heteroatoms. The van der Waals surface area contributed by atoms with Crippen LogP contribution < -0.4 is 10.2 Å². The molecule has 1 saturated heterocycles. The second kappa shape index (κ2) is 9.16. The Morgan fingerprint density at radius 3 is 2.62 bits per heavy atom. The van der Waals surface area contributed by atoms with Crippen LogP contribution in [0.3, 0.4) is 0 Å². The third-order valence-corrected chi connectivity index (χ3v) is 6.43. The molecule has 2 unspecified atom stereocenters. The topological polar surface area (TPSA) is 84.0 Å². The molecule has 1 aliphatic carbocycles. The largest absolute Gasteiger partial charge is 0.444 e. The highest BCUT2D eigenvalue weighted by atomic mass is 16.6. The molecule has 1 aromatic rings. The fourth-order valence-electron chi connectivity index (χ4n) is 5.03. The molecule has 2 fully saturated rings. The first-order valence-corrected chi connectivity index (χ1v) is 11.9. The number of amides is 2. The van der Waals surface area contributed by atoms with Gasteiger partial charge in [-0.05, 0) is 58.6 Å². The Bertz CT molecular complexity index is 847. The van der Waals surface area contributed by atoms with Crippen molar-refractivity contribution in [3.8, 4) is 0 Å². The van der Waals surface area contributed by atoms with Gasteiger partial charge >= 0.3 is 12.2 Å². The second-order valence-corrected chi connectivity index (χ2v) is 10.3. The van der Waals surface area contributed by atoms with Crippen molar-refractivity contribution in [3.05, 3.63) is 23.4 Å². The standard InChI is InChI=1S/C24H36N4O4/c1-16-13-27(23(30)32-24(2,3)4)14-20-12-17-10-11-19(25-21(17)28(16)20)15-31-22(29)26-18-8-6-5-7-9-18/h10-11,16,18,20H,5-9,12-15H2,1-4H3,(H,26,29). The lowest BCUT2D eigenvalue weighted by Gasteiger charge is -2.43. The summed E-state index contributed by atoms with van der Waals surface area (Å²) in [5.41, 5.74) is 1.41. The van der Waals surface area contributed by atoms with Crippen molar-refractivity contribution in [3.63, 3.8) is 0 Å². The van der Waals surface area contributed by atoms with Crippen LogP contribution in [0.5, 0.6) is 0 Å². The molecule has 0 bridgehead atoms. The van der Waals surface area contributed by atoms with Gasteiger partial charge in [-0.15, -0.1) is 0 Å². The van der Waals surface area contributed by atoms with Crippen LogP contribution in [0.15, 0.2) is 12.1 Å². The van der Waals surface area contributed by atoms with Gasteiger partial charge in [-0.2, -0.15) is 0 Å². The number of nitrogens with zero attached hydrogens (tertiary/aromatic N) is 3. The van der Waals surface area contributed by atoms with Gasteiger partial charge in [0.2, 0.25) is 0 Å². The van der Waals surface area contributed by atoms with Crippen molar-refractivity contribution >= 4 is 18.0 Å². The summed E-state index contributed by atoms with van der Waals surface area (Å²) in [6, 6.07) is 4.54. The van der Waals surface area contributed by atoms with E-state index in [9.17, 15) is 9.59 Å². The third-order valence-electron chi connectivity index (χ3n) is 6.43. The van der Waals surface area contributed by atoms with E-state index < -0.39 is 5.60 Å². The van der Waals surface area contributed by atoms with Gasteiger partial charge in [0, 0.05) is 25.2 Å². The van der Waals surface area contributed by atoms with Crippen molar-refractivity contribution in [1.29, 1.82) is 0 Å². The number of hydrogen-bond donors (Lipinski definition) is 1. The Morgan fingerprint density at radius 1 is 1.16 bits per heavy atom. The molecular weight excluding hydrogens is 408 g/mol. The molecule has 8 nitrogen and oxygen atoms in total. The molecule has 0 radical (unpaired) electrons.